The molecule has 1 fully saturated rings. The van der Waals surface area contributed by atoms with Gasteiger partial charge in [0.05, 0.1) is 17.3 Å². The first-order chi connectivity index (χ1) is 17.9. The van der Waals surface area contributed by atoms with Crippen LogP contribution in [-0.4, -0.2) is 73.5 Å². The Morgan fingerprint density at radius 1 is 1.18 bits per heavy atom. The van der Waals surface area contributed by atoms with Gasteiger partial charge in [-0.25, -0.2) is 0 Å². The number of benzene rings is 1. The van der Waals surface area contributed by atoms with Gasteiger partial charge in [-0.05, 0) is 74.7 Å². The minimum absolute atomic E-state index is 0.0310. The zero-order chi connectivity index (χ0) is 27.7. The quantitative estimate of drug-likeness (QED) is 0.376. The Hall–Kier alpha value is -4.02. The van der Waals surface area contributed by atoms with Gasteiger partial charge in [0.15, 0.2) is 11.4 Å². The molecule has 4 unspecified atom stereocenters. The number of aliphatic hydroxyl groups excluding tert-OH is 2. The summed E-state index contributed by atoms with van der Waals surface area (Å²) in [5.74, 6) is -6.74. The highest BCUT2D eigenvalue weighted by Crippen LogP contribution is 2.53. The number of nitrogens with zero attached hydrogens (tertiary/aromatic N) is 2. The van der Waals surface area contributed by atoms with E-state index in [0.717, 1.165) is 12.0 Å². The lowest BCUT2D eigenvalue weighted by Gasteiger charge is -2.50. The smallest absolute Gasteiger partial charge is 0.255 e. The number of hydrogen-bond donors (Lipinski definition) is 5. The number of Topliss-reactive ketones (excluding diaryl/α,β-unsaturated/α-hetero) is 2. The zero-order valence-electron chi connectivity index (χ0n) is 21.2. The molecule has 1 heterocycles. The van der Waals surface area contributed by atoms with Gasteiger partial charge in [-0.15, -0.1) is 0 Å². The summed E-state index contributed by atoms with van der Waals surface area (Å²) in [6.45, 7) is 2.02. The molecule has 198 valence electrons. The number of ketones is 2. The highest BCUT2D eigenvalue weighted by Gasteiger charge is 2.64. The van der Waals surface area contributed by atoms with Gasteiger partial charge in [0, 0.05) is 23.3 Å². The van der Waals surface area contributed by atoms with Gasteiger partial charge in [0.2, 0.25) is 5.78 Å². The van der Waals surface area contributed by atoms with Crippen molar-refractivity contribution in [2.45, 2.75) is 37.8 Å². The van der Waals surface area contributed by atoms with E-state index >= 15 is 0 Å². The highest BCUT2D eigenvalue weighted by atomic mass is 16.3. The molecule has 4 atom stereocenters. The molecule has 2 aromatic rings. The van der Waals surface area contributed by atoms with Crippen molar-refractivity contribution in [1.82, 2.24) is 9.88 Å². The predicted molar refractivity (Wildman–Crippen MR) is 137 cm³/mol. The van der Waals surface area contributed by atoms with E-state index in [-0.39, 0.29) is 29.7 Å². The molecule has 0 saturated heterocycles. The fraction of sp³-hybridized carbons (Fsp3) is 0.357. The summed E-state index contributed by atoms with van der Waals surface area (Å²) in [6.07, 6.45) is 2.70. The first-order valence-electron chi connectivity index (χ1n) is 12.4. The third-order valence-corrected chi connectivity index (χ3v) is 8.11. The Labute approximate surface area is 218 Å². The summed E-state index contributed by atoms with van der Waals surface area (Å²) in [5, 5.41) is 44.7. The molecular formula is C28H29N3O7. The number of rotatable bonds is 4. The number of aliphatic hydroxyl groups is 3. The molecule has 0 radical (unpaired) electrons. The molecule has 10 heteroatoms. The van der Waals surface area contributed by atoms with E-state index in [1.165, 1.54) is 11.0 Å². The summed E-state index contributed by atoms with van der Waals surface area (Å²) in [4.78, 5) is 45.1. The van der Waals surface area contributed by atoms with Crippen LogP contribution in [0.5, 0.6) is 5.75 Å². The Morgan fingerprint density at radius 2 is 1.89 bits per heavy atom. The van der Waals surface area contributed by atoms with Crippen LogP contribution in [0.4, 0.5) is 0 Å². The number of aromatic nitrogens is 1. The van der Waals surface area contributed by atoms with Crippen molar-refractivity contribution < 1.29 is 34.8 Å². The van der Waals surface area contributed by atoms with Crippen LogP contribution >= 0.6 is 0 Å². The molecule has 3 aliphatic carbocycles. The molecule has 5 rings (SSSR count). The average Bonchev–Trinajstić information content (AvgIpc) is 2.86. The number of phenols is 1. The van der Waals surface area contributed by atoms with E-state index in [2.05, 4.69) is 4.98 Å². The lowest BCUT2D eigenvalue weighted by Crippen LogP contribution is -2.65. The van der Waals surface area contributed by atoms with E-state index < -0.39 is 58.0 Å². The van der Waals surface area contributed by atoms with Crippen LogP contribution in [0.15, 0.2) is 47.4 Å². The van der Waals surface area contributed by atoms with Crippen molar-refractivity contribution in [3.63, 3.8) is 0 Å². The Balaban J connectivity index is 1.73. The molecule has 1 aromatic carbocycles. The first-order valence-corrected chi connectivity index (χ1v) is 12.4. The Kier molecular flexibility index (Phi) is 5.92. The number of primary amides is 1. The van der Waals surface area contributed by atoms with Crippen molar-refractivity contribution >= 4 is 23.2 Å². The van der Waals surface area contributed by atoms with E-state index in [0.29, 0.717) is 16.8 Å². The second-order valence-corrected chi connectivity index (χ2v) is 10.4. The van der Waals surface area contributed by atoms with Gasteiger partial charge in [-0.3, -0.25) is 24.3 Å². The molecule has 38 heavy (non-hydrogen) atoms. The Morgan fingerprint density at radius 3 is 2.53 bits per heavy atom. The topological polar surface area (TPSA) is 174 Å². The molecule has 1 aromatic heterocycles. The van der Waals surface area contributed by atoms with Gasteiger partial charge in [0.1, 0.15) is 22.8 Å². The van der Waals surface area contributed by atoms with Gasteiger partial charge in [-0.1, -0.05) is 6.92 Å². The second-order valence-electron chi connectivity index (χ2n) is 10.4. The molecular weight excluding hydrogens is 490 g/mol. The molecule has 6 N–H and O–H groups in total. The number of aromatic hydroxyl groups is 1. The maximum Gasteiger partial charge on any atom is 0.255 e. The fourth-order valence-electron chi connectivity index (χ4n) is 6.33. The van der Waals surface area contributed by atoms with Crippen molar-refractivity contribution in [2.75, 3.05) is 14.1 Å². The number of amides is 1. The highest BCUT2D eigenvalue weighted by molar-refractivity contribution is 6.24. The third kappa shape index (κ3) is 3.40. The third-order valence-electron chi connectivity index (χ3n) is 8.11. The number of carbonyl (C=O) groups is 3. The monoisotopic (exact) mass is 519 g/mol. The van der Waals surface area contributed by atoms with Crippen LogP contribution in [-0.2, 0) is 27.2 Å². The number of aryl methyl sites for hydroxylation is 1. The fourth-order valence-corrected chi connectivity index (χ4v) is 6.33. The van der Waals surface area contributed by atoms with Gasteiger partial charge < -0.3 is 26.2 Å². The van der Waals surface area contributed by atoms with Crippen LogP contribution < -0.4 is 5.73 Å². The van der Waals surface area contributed by atoms with Crippen molar-refractivity contribution in [3.05, 3.63) is 64.1 Å². The SMILES string of the molecule is CCc1ccnc(-c2ccc(O)c3c2CC2CC4C(N(C)C)C(=O)C(C(N)=O)=C(O)C4(O)C(=O)C2=C3O)c1. The van der Waals surface area contributed by atoms with Crippen LogP contribution in [0, 0.1) is 11.8 Å². The number of fused-ring (bicyclic) bond motifs is 3. The minimum Gasteiger partial charge on any atom is -0.508 e. The van der Waals surface area contributed by atoms with Crippen LogP contribution in [0.3, 0.4) is 0 Å². The molecule has 10 nitrogen and oxygen atoms in total. The van der Waals surface area contributed by atoms with Crippen LogP contribution in [0.2, 0.25) is 0 Å². The van der Waals surface area contributed by atoms with E-state index in [1.54, 1.807) is 26.4 Å². The normalized spacial score (nSPS) is 26.8. The van der Waals surface area contributed by atoms with E-state index in [1.807, 2.05) is 19.1 Å². The molecule has 0 spiro atoms. The predicted octanol–water partition coefficient (Wildman–Crippen LogP) is 1.59. The van der Waals surface area contributed by atoms with E-state index in [4.69, 9.17) is 5.73 Å². The number of phenolic OH excluding ortho intramolecular Hbond substituents is 1. The Bertz CT molecular complexity index is 1470. The largest absolute Gasteiger partial charge is 0.508 e. The maximum absolute atomic E-state index is 13.9. The molecule has 0 bridgehead atoms. The maximum atomic E-state index is 13.9. The first kappa shape index (κ1) is 25.6. The summed E-state index contributed by atoms with van der Waals surface area (Å²) in [6, 6.07) is 5.80. The van der Waals surface area contributed by atoms with Crippen LogP contribution in [0.25, 0.3) is 17.0 Å². The summed E-state index contributed by atoms with van der Waals surface area (Å²) in [7, 11) is 3.13. The lowest BCUT2D eigenvalue weighted by molar-refractivity contribution is -0.153. The number of hydrogen-bond acceptors (Lipinski definition) is 9. The number of pyridine rings is 1. The number of likely N-dealkylation sites (N-methyl/N-ethyl adjacent to an activating group) is 1. The van der Waals surface area contributed by atoms with Gasteiger partial charge >= 0.3 is 0 Å². The number of nitrogens with two attached hydrogens (primary N) is 1. The molecule has 3 aliphatic rings. The number of carbonyl (C=O) groups excluding carboxylic acids is 3. The van der Waals surface area contributed by atoms with Crippen molar-refractivity contribution in [1.29, 1.82) is 0 Å². The van der Waals surface area contributed by atoms with Gasteiger partial charge in [0.25, 0.3) is 5.91 Å². The van der Waals surface area contributed by atoms with Crippen molar-refractivity contribution in [3.8, 4) is 17.0 Å². The lowest BCUT2D eigenvalue weighted by atomic mass is 9.57. The summed E-state index contributed by atoms with van der Waals surface area (Å²) >= 11 is 0. The minimum atomic E-state index is -2.66. The standard InChI is InChI=1S/C28H29N3O7/c1-4-12-7-8-30-17(9-12)14-5-6-18(32)20-15(14)10-13-11-16-22(31(2)3)24(34)21(27(29)37)26(36)28(16,38)25(35)19(13)23(20)33/h5-9,13,16,22,32-33,36,38H,4,10-11H2,1-3H3,(H2,29,37). The average molecular weight is 520 g/mol. The molecule has 1 saturated carbocycles. The van der Waals surface area contributed by atoms with Gasteiger partial charge in [-0.2, -0.15) is 0 Å². The van der Waals surface area contributed by atoms with Crippen molar-refractivity contribution in [2.24, 2.45) is 17.6 Å². The zero-order valence-corrected chi connectivity index (χ0v) is 21.2. The second kappa shape index (κ2) is 8.78. The summed E-state index contributed by atoms with van der Waals surface area (Å²) < 4.78 is 0. The molecule has 1 amide bonds. The summed E-state index contributed by atoms with van der Waals surface area (Å²) in [5.41, 5.74) is 4.67. The van der Waals surface area contributed by atoms with Crippen LogP contribution in [0.1, 0.15) is 30.0 Å². The van der Waals surface area contributed by atoms with E-state index in [9.17, 15) is 34.8 Å². The molecule has 0 aliphatic heterocycles.